The van der Waals surface area contributed by atoms with Crippen molar-refractivity contribution in [3.05, 3.63) is 66.5 Å². The molecule has 0 fully saturated rings. The number of hydrogen-bond donors (Lipinski definition) is 1. The molecule has 2 heteroatoms. The Morgan fingerprint density at radius 3 is 2.47 bits per heavy atom. The number of fused-ring (bicyclic) bond motifs is 1. The summed E-state index contributed by atoms with van der Waals surface area (Å²) < 4.78 is 2.13. The zero-order valence-electron chi connectivity index (χ0n) is 9.51. The van der Waals surface area contributed by atoms with Crippen LogP contribution in [0.25, 0.3) is 16.6 Å². The van der Waals surface area contributed by atoms with Gasteiger partial charge in [0.25, 0.3) is 0 Å². The van der Waals surface area contributed by atoms with Crippen molar-refractivity contribution in [2.45, 2.75) is 6.54 Å². The molecule has 0 saturated carbocycles. The van der Waals surface area contributed by atoms with Gasteiger partial charge in [-0.3, -0.25) is 0 Å². The molecule has 2 aromatic heterocycles. The third-order valence-corrected chi connectivity index (χ3v) is 3.04. The van der Waals surface area contributed by atoms with Crippen LogP contribution in [0.3, 0.4) is 0 Å². The van der Waals surface area contributed by atoms with E-state index in [9.17, 15) is 0 Å². The molecule has 17 heavy (non-hydrogen) atoms. The first-order valence-electron chi connectivity index (χ1n) is 5.74. The Labute approximate surface area is 100 Å². The highest BCUT2D eigenvalue weighted by molar-refractivity contribution is 5.84. The van der Waals surface area contributed by atoms with Gasteiger partial charge >= 0.3 is 0 Å². The maximum Gasteiger partial charge on any atom is 0.0531 e. The minimum Gasteiger partial charge on any atom is -0.326 e. The van der Waals surface area contributed by atoms with Crippen molar-refractivity contribution in [1.29, 1.82) is 0 Å². The molecule has 0 unspecified atom stereocenters. The number of hydrogen-bond acceptors (Lipinski definition) is 1. The smallest absolute Gasteiger partial charge is 0.0531 e. The number of aromatic nitrogens is 1. The van der Waals surface area contributed by atoms with E-state index in [1.165, 1.54) is 22.2 Å². The predicted molar refractivity (Wildman–Crippen MR) is 70.7 cm³/mol. The number of pyridine rings is 1. The first kappa shape index (κ1) is 10.1. The zero-order valence-corrected chi connectivity index (χ0v) is 9.51. The molecule has 0 spiro atoms. The van der Waals surface area contributed by atoms with Crippen LogP contribution in [-0.4, -0.2) is 4.40 Å². The highest BCUT2D eigenvalue weighted by Gasteiger charge is 2.10. The summed E-state index contributed by atoms with van der Waals surface area (Å²) in [4.78, 5) is 0. The lowest BCUT2D eigenvalue weighted by molar-refractivity contribution is 1.06. The van der Waals surface area contributed by atoms with Crippen molar-refractivity contribution in [3.63, 3.8) is 0 Å². The fourth-order valence-electron chi connectivity index (χ4n) is 2.27. The van der Waals surface area contributed by atoms with E-state index < -0.39 is 0 Å². The SMILES string of the molecule is NCc1cn2ccccc2c1-c1ccccc1. The maximum absolute atomic E-state index is 5.84. The molecule has 0 saturated heterocycles. The molecule has 3 aromatic rings. The molecule has 0 bridgehead atoms. The summed E-state index contributed by atoms with van der Waals surface area (Å²) in [5, 5.41) is 0. The molecule has 2 heterocycles. The summed E-state index contributed by atoms with van der Waals surface area (Å²) in [5.41, 5.74) is 10.7. The van der Waals surface area contributed by atoms with Crippen LogP contribution in [0.15, 0.2) is 60.9 Å². The van der Waals surface area contributed by atoms with Crippen LogP contribution in [0.1, 0.15) is 5.56 Å². The molecule has 1 aromatic carbocycles. The highest BCUT2D eigenvalue weighted by Crippen LogP contribution is 2.29. The average molecular weight is 222 g/mol. The van der Waals surface area contributed by atoms with Gasteiger partial charge < -0.3 is 10.1 Å². The standard InChI is InChI=1S/C15H14N2/c16-10-13-11-17-9-5-4-8-14(17)15(13)12-6-2-1-3-7-12/h1-9,11H,10,16H2. The van der Waals surface area contributed by atoms with Crippen molar-refractivity contribution >= 4 is 5.52 Å². The summed E-state index contributed by atoms with van der Waals surface area (Å²) in [6, 6.07) is 16.6. The van der Waals surface area contributed by atoms with Gasteiger partial charge in [-0.1, -0.05) is 36.4 Å². The van der Waals surface area contributed by atoms with Crippen LogP contribution in [0.2, 0.25) is 0 Å². The Morgan fingerprint density at radius 2 is 1.71 bits per heavy atom. The minimum absolute atomic E-state index is 0.561. The fraction of sp³-hybridized carbons (Fsp3) is 0.0667. The van der Waals surface area contributed by atoms with E-state index in [2.05, 4.69) is 53.2 Å². The molecule has 2 nitrogen and oxygen atoms in total. The van der Waals surface area contributed by atoms with Crippen LogP contribution in [-0.2, 0) is 6.54 Å². The van der Waals surface area contributed by atoms with E-state index in [-0.39, 0.29) is 0 Å². The van der Waals surface area contributed by atoms with Gasteiger partial charge in [-0.15, -0.1) is 0 Å². The third kappa shape index (κ3) is 1.63. The topological polar surface area (TPSA) is 30.4 Å². The van der Waals surface area contributed by atoms with E-state index in [4.69, 9.17) is 5.73 Å². The van der Waals surface area contributed by atoms with Crippen molar-refractivity contribution in [3.8, 4) is 11.1 Å². The quantitative estimate of drug-likeness (QED) is 0.709. The first-order valence-corrected chi connectivity index (χ1v) is 5.74. The molecular weight excluding hydrogens is 208 g/mol. The monoisotopic (exact) mass is 222 g/mol. The summed E-state index contributed by atoms with van der Waals surface area (Å²) >= 11 is 0. The van der Waals surface area contributed by atoms with Gasteiger partial charge in [0.1, 0.15) is 0 Å². The molecule has 0 aliphatic carbocycles. The van der Waals surface area contributed by atoms with E-state index in [0.29, 0.717) is 6.54 Å². The normalized spacial score (nSPS) is 10.9. The molecule has 84 valence electrons. The second-order valence-corrected chi connectivity index (χ2v) is 4.09. The molecule has 0 radical (unpaired) electrons. The zero-order chi connectivity index (χ0) is 11.7. The highest BCUT2D eigenvalue weighted by atomic mass is 14.9. The molecule has 0 atom stereocenters. The van der Waals surface area contributed by atoms with Gasteiger partial charge in [0.05, 0.1) is 5.52 Å². The third-order valence-electron chi connectivity index (χ3n) is 3.04. The molecule has 0 amide bonds. The Balaban J connectivity index is 2.34. The molecule has 0 aliphatic rings. The maximum atomic E-state index is 5.84. The summed E-state index contributed by atoms with van der Waals surface area (Å²) in [7, 11) is 0. The van der Waals surface area contributed by atoms with Crippen LogP contribution in [0.5, 0.6) is 0 Å². The lowest BCUT2D eigenvalue weighted by Gasteiger charge is -2.03. The van der Waals surface area contributed by atoms with Crippen molar-refractivity contribution in [2.75, 3.05) is 0 Å². The van der Waals surface area contributed by atoms with Crippen LogP contribution >= 0.6 is 0 Å². The van der Waals surface area contributed by atoms with Gasteiger partial charge in [-0.25, -0.2) is 0 Å². The minimum atomic E-state index is 0.561. The van der Waals surface area contributed by atoms with Gasteiger partial charge in [0.15, 0.2) is 0 Å². The number of nitrogens with zero attached hydrogens (tertiary/aromatic N) is 1. The Hall–Kier alpha value is -2.06. The number of nitrogens with two attached hydrogens (primary N) is 1. The van der Waals surface area contributed by atoms with Crippen LogP contribution in [0, 0.1) is 0 Å². The largest absolute Gasteiger partial charge is 0.326 e. The predicted octanol–water partition coefficient (Wildman–Crippen LogP) is 3.07. The van der Waals surface area contributed by atoms with E-state index in [1.54, 1.807) is 0 Å². The first-order chi connectivity index (χ1) is 8.40. The Morgan fingerprint density at radius 1 is 0.941 bits per heavy atom. The van der Waals surface area contributed by atoms with Gasteiger partial charge in [0, 0.05) is 24.5 Å². The van der Waals surface area contributed by atoms with Crippen molar-refractivity contribution in [2.24, 2.45) is 5.73 Å². The van der Waals surface area contributed by atoms with Crippen molar-refractivity contribution < 1.29 is 0 Å². The van der Waals surface area contributed by atoms with E-state index >= 15 is 0 Å². The Kier molecular flexibility index (Phi) is 2.42. The van der Waals surface area contributed by atoms with Crippen LogP contribution in [0.4, 0.5) is 0 Å². The molecule has 3 rings (SSSR count). The van der Waals surface area contributed by atoms with Gasteiger partial charge in [-0.2, -0.15) is 0 Å². The van der Waals surface area contributed by atoms with Gasteiger partial charge in [-0.05, 0) is 23.3 Å². The van der Waals surface area contributed by atoms with Crippen LogP contribution < -0.4 is 5.73 Å². The molecular formula is C15H14N2. The second kappa shape index (κ2) is 4.07. The Bertz CT molecular complexity index is 638. The lowest BCUT2D eigenvalue weighted by Crippen LogP contribution is -1.95. The lowest BCUT2D eigenvalue weighted by atomic mass is 10.0. The van der Waals surface area contributed by atoms with E-state index in [1.807, 2.05) is 12.1 Å². The van der Waals surface area contributed by atoms with Crippen molar-refractivity contribution in [1.82, 2.24) is 4.40 Å². The average Bonchev–Trinajstić information content (AvgIpc) is 2.78. The van der Waals surface area contributed by atoms with Gasteiger partial charge in [0.2, 0.25) is 0 Å². The molecule has 2 N–H and O–H groups in total. The molecule has 0 aliphatic heterocycles. The summed E-state index contributed by atoms with van der Waals surface area (Å²) in [6.07, 6.45) is 4.17. The van der Waals surface area contributed by atoms with E-state index in [0.717, 1.165) is 0 Å². The second-order valence-electron chi connectivity index (χ2n) is 4.09. The summed E-state index contributed by atoms with van der Waals surface area (Å²) in [6.45, 7) is 0.561. The summed E-state index contributed by atoms with van der Waals surface area (Å²) in [5.74, 6) is 0. The number of rotatable bonds is 2. The number of benzene rings is 1. The fourth-order valence-corrected chi connectivity index (χ4v) is 2.27.